The summed E-state index contributed by atoms with van der Waals surface area (Å²) in [5.41, 5.74) is 12.3. The molecule has 0 aromatic heterocycles. The van der Waals surface area contributed by atoms with Gasteiger partial charge in [-0.25, -0.2) is 0 Å². The molecule has 73 heavy (non-hydrogen) atoms. The molecule has 5 nitrogen and oxygen atoms in total. The molecule has 0 heterocycles. The van der Waals surface area contributed by atoms with Crippen LogP contribution in [0.2, 0.25) is 0 Å². The summed E-state index contributed by atoms with van der Waals surface area (Å²) in [5.74, 6) is 4.96. The molecule has 0 amide bonds. The van der Waals surface area contributed by atoms with E-state index in [4.69, 9.17) is 15.2 Å². The lowest BCUT2D eigenvalue weighted by molar-refractivity contribution is 0.101. The van der Waals surface area contributed by atoms with Crippen molar-refractivity contribution >= 4 is 47.1 Å². The number of hydrogen-bond acceptors (Lipinski definition) is 5. The molecular formula is C67H109NO4S. The van der Waals surface area contributed by atoms with Gasteiger partial charge in [0.2, 0.25) is 0 Å². The molecule has 0 saturated carbocycles. The Labute approximate surface area is 456 Å². The van der Waals surface area contributed by atoms with Crippen molar-refractivity contribution in [3.63, 3.8) is 0 Å². The largest absolute Gasteiger partial charge is 0.490 e. The van der Waals surface area contributed by atoms with Crippen molar-refractivity contribution in [2.24, 2.45) is 29.4 Å². The first-order valence-electron chi connectivity index (χ1n) is 28.6. The summed E-state index contributed by atoms with van der Waals surface area (Å²) in [6.07, 6.45) is 20.8. The first-order chi connectivity index (χ1) is 34.6. The molecule has 0 radical (unpaired) electrons. The van der Waals surface area contributed by atoms with Crippen molar-refractivity contribution < 1.29 is 19.1 Å². The molecule has 0 spiro atoms. The van der Waals surface area contributed by atoms with E-state index in [1.807, 2.05) is 57.2 Å². The maximum absolute atomic E-state index is 11.4. The Bertz CT molecular complexity index is 2080. The number of carbonyl (C=O) groups excluding carboxylic acids is 2. The topological polar surface area (TPSA) is 78.6 Å². The summed E-state index contributed by atoms with van der Waals surface area (Å²) in [6, 6.07) is 28.4. The zero-order chi connectivity index (χ0) is 54.3. The zero-order valence-corrected chi connectivity index (χ0v) is 50.6. The minimum atomic E-state index is 0. The van der Waals surface area contributed by atoms with Crippen molar-refractivity contribution in [3.05, 3.63) is 118 Å². The zero-order valence-electron chi connectivity index (χ0n) is 49.6. The Balaban J connectivity index is 0. The van der Waals surface area contributed by atoms with Crippen molar-refractivity contribution in [2.45, 2.75) is 220 Å². The highest BCUT2D eigenvalue weighted by Crippen LogP contribution is 2.35. The van der Waals surface area contributed by atoms with Crippen molar-refractivity contribution in [1.29, 1.82) is 0 Å². The normalized spacial score (nSPS) is 10.8. The van der Waals surface area contributed by atoms with Crippen molar-refractivity contribution in [1.82, 2.24) is 0 Å². The van der Waals surface area contributed by atoms with E-state index >= 15 is 0 Å². The van der Waals surface area contributed by atoms with Crippen LogP contribution in [-0.4, -0.2) is 25.3 Å². The van der Waals surface area contributed by atoms with Gasteiger partial charge in [0.1, 0.15) is 6.29 Å². The molecule has 412 valence electrons. The molecule has 1 atom stereocenters. The van der Waals surface area contributed by atoms with Crippen LogP contribution in [0.4, 0.5) is 0 Å². The van der Waals surface area contributed by atoms with Crippen molar-refractivity contribution in [3.8, 4) is 11.5 Å². The van der Waals surface area contributed by atoms with E-state index in [9.17, 15) is 9.59 Å². The number of fused-ring (bicyclic) bond motifs is 2. The number of ether oxygens (including phenoxy) is 2. The number of hydrogen-bond donors (Lipinski definition) is 1. The average Bonchev–Trinajstić information content (AvgIpc) is 3.37. The maximum Gasteiger partial charge on any atom is 0.164 e. The molecule has 0 aliphatic heterocycles. The minimum absolute atomic E-state index is 0. The Morgan fingerprint density at radius 3 is 1.52 bits per heavy atom. The van der Waals surface area contributed by atoms with Crippen LogP contribution in [0.3, 0.4) is 0 Å². The summed E-state index contributed by atoms with van der Waals surface area (Å²) in [6.45, 7) is 36.5. The Morgan fingerprint density at radius 2 is 1.07 bits per heavy atom. The van der Waals surface area contributed by atoms with Gasteiger partial charge in [-0.15, -0.1) is 0 Å². The van der Waals surface area contributed by atoms with Crippen LogP contribution in [0.15, 0.2) is 84.9 Å². The van der Waals surface area contributed by atoms with E-state index in [0.29, 0.717) is 31.2 Å². The summed E-state index contributed by atoms with van der Waals surface area (Å²) >= 11 is 0. The van der Waals surface area contributed by atoms with E-state index < -0.39 is 0 Å². The number of unbranched alkanes of at least 4 members (excludes halogenated alkanes) is 5. The van der Waals surface area contributed by atoms with Gasteiger partial charge >= 0.3 is 0 Å². The molecule has 0 aliphatic rings. The fourth-order valence-corrected chi connectivity index (χ4v) is 8.14. The number of Topliss-reactive ketones (excluding diaryl/α,β-unsaturated/α-hetero) is 1. The van der Waals surface area contributed by atoms with Crippen LogP contribution in [-0.2, 0) is 13.0 Å². The number of aldehydes is 1. The first kappa shape index (κ1) is 70.9. The molecule has 0 bridgehead atoms. The standard InChI is InChI=1S/C25H42O3.C16H15N.C9H10O.C8H18.C7H16.C2H6.H2S/c1-6-8-13-23-17-22(19-26)18-24(27-15-9-7-2)25(23)28-16-14-21(5)12-10-11-20(3)4;1-11-12-6-2-4-8-14(12)16(10-17)15-9-5-3-7-13(11)15;1-7-3-5-9(6-4-7)8(2)10;1-4-5-6-7-8(2)3;1-4-5-6-7(2)3;1-2;/h17-21H,6-16H2,1-5H3;2-9H,10,17H2,1H3;3-6H,1-2H3;8H,4-7H2,1-3H3;7H,4-6H2,1-3H3;1-2H3;1H2. The summed E-state index contributed by atoms with van der Waals surface area (Å²) in [5, 5.41) is 5.19. The fourth-order valence-electron chi connectivity index (χ4n) is 8.14. The number of ketones is 1. The molecule has 5 aromatic carbocycles. The maximum atomic E-state index is 11.4. The van der Waals surface area contributed by atoms with E-state index in [2.05, 4.69) is 132 Å². The number of nitrogens with two attached hydrogens (primary N) is 1. The molecule has 0 aliphatic carbocycles. The summed E-state index contributed by atoms with van der Waals surface area (Å²) in [7, 11) is 0. The Hall–Kier alpha value is -4.13. The lowest BCUT2D eigenvalue weighted by atomic mass is 9.92. The smallest absolute Gasteiger partial charge is 0.164 e. The Morgan fingerprint density at radius 1 is 0.575 bits per heavy atom. The van der Waals surface area contributed by atoms with Crippen LogP contribution in [0.25, 0.3) is 21.5 Å². The number of rotatable bonds is 25. The second-order valence-electron chi connectivity index (χ2n) is 20.7. The number of aryl methyl sites for hydroxylation is 3. The van der Waals surface area contributed by atoms with E-state index in [-0.39, 0.29) is 19.3 Å². The van der Waals surface area contributed by atoms with Gasteiger partial charge < -0.3 is 15.2 Å². The second kappa shape index (κ2) is 44.2. The monoisotopic (exact) mass is 1020 g/mol. The summed E-state index contributed by atoms with van der Waals surface area (Å²) in [4.78, 5) is 22.1. The van der Waals surface area contributed by atoms with Crippen molar-refractivity contribution in [2.75, 3.05) is 13.2 Å². The molecule has 5 aromatic rings. The van der Waals surface area contributed by atoms with Gasteiger partial charge in [0.25, 0.3) is 0 Å². The van der Waals surface area contributed by atoms with E-state index in [1.54, 1.807) is 6.92 Å². The van der Waals surface area contributed by atoms with Crippen LogP contribution in [0, 0.1) is 37.5 Å². The highest BCUT2D eigenvalue weighted by molar-refractivity contribution is 7.59. The third kappa shape index (κ3) is 30.7. The van der Waals surface area contributed by atoms with E-state index in [1.165, 1.54) is 102 Å². The van der Waals surface area contributed by atoms with Crippen LogP contribution >= 0.6 is 13.5 Å². The first-order valence-corrected chi connectivity index (χ1v) is 28.6. The predicted octanol–water partition coefficient (Wildman–Crippen LogP) is 20.4. The molecule has 6 heteroatoms. The van der Waals surface area contributed by atoms with Crippen LogP contribution in [0.5, 0.6) is 11.5 Å². The number of benzene rings is 5. The second-order valence-corrected chi connectivity index (χ2v) is 20.7. The highest BCUT2D eigenvalue weighted by Gasteiger charge is 2.15. The lowest BCUT2D eigenvalue weighted by Crippen LogP contribution is -2.09. The molecule has 5 rings (SSSR count). The van der Waals surface area contributed by atoms with Gasteiger partial charge in [-0.05, 0) is 120 Å². The van der Waals surface area contributed by atoms with Gasteiger partial charge in [0.05, 0.1) is 13.2 Å². The minimum Gasteiger partial charge on any atom is -0.490 e. The van der Waals surface area contributed by atoms with Crippen LogP contribution in [0.1, 0.15) is 236 Å². The fraction of sp³-hybridized carbons (Fsp3) is 0.582. The number of carbonyl (C=O) groups is 2. The van der Waals surface area contributed by atoms with Gasteiger partial charge in [0, 0.05) is 17.7 Å². The summed E-state index contributed by atoms with van der Waals surface area (Å²) < 4.78 is 12.3. The third-order valence-corrected chi connectivity index (χ3v) is 12.7. The lowest BCUT2D eigenvalue weighted by Gasteiger charge is -2.19. The Kier molecular flexibility index (Phi) is 42.9. The molecule has 2 N–H and O–H groups in total. The van der Waals surface area contributed by atoms with Gasteiger partial charge in [-0.2, -0.15) is 13.5 Å². The predicted molar refractivity (Wildman–Crippen MR) is 329 cm³/mol. The quantitative estimate of drug-likeness (QED) is 0.0273. The molecule has 0 fully saturated rings. The highest BCUT2D eigenvalue weighted by atomic mass is 32.1. The van der Waals surface area contributed by atoms with E-state index in [0.717, 1.165) is 85.2 Å². The molecule has 1 unspecified atom stereocenters. The molecule has 0 saturated heterocycles. The SMILES string of the molecule is CC.CC(=O)c1ccc(C)cc1.CCCCC(C)C.CCCCCC(C)C.CCCCOc1cc(C=O)cc(CCCC)c1OCCC(C)CCCC(C)C.Cc1c2ccccc2c(CN)c2ccccc12.S. The van der Waals surface area contributed by atoms with Gasteiger partial charge in [-0.3, -0.25) is 9.59 Å². The van der Waals surface area contributed by atoms with Gasteiger partial charge in [-0.1, -0.05) is 245 Å². The van der Waals surface area contributed by atoms with Crippen LogP contribution < -0.4 is 15.2 Å². The van der Waals surface area contributed by atoms with Gasteiger partial charge in [0.15, 0.2) is 17.3 Å². The molecular weight excluding hydrogens is 915 g/mol. The third-order valence-electron chi connectivity index (χ3n) is 12.7. The average molecular weight is 1020 g/mol.